The van der Waals surface area contributed by atoms with Gasteiger partial charge < -0.3 is 4.42 Å². The van der Waals surface area contributed by atoms with Crippen LogP contribution in [-0.2, 0) is 0 Å². The van der Waals surface area contributed by atoms with Gasteiger partial charge in [0.05, 0.1) is 0 Å². The van der Waals surface area contributed by atoms with E-state index in [9.17, 15) is 0 Å². The molecule has 0 atom stereocenters. The second-order valence-corrected chi connectivity index (χ2v) is 11.3. The van der Waals surface area contributed by atoms with E-state index >= 15 is 0 Å². The zero-order valence-electron chi connectivity index (χ0n) is 23.4. The highest BCUT2D eigenvalue weighted by atomic mass is 16.3. The van der Waals surface area contributed by atoms with Crippen LogP contribution in [0.15, 0.2) is 162 Å². The standard InChI is InChI=1S/C42H26O/c1-2-13-28(14-3-1)40-32-16-6-8-18-34(32)41(35-19-9-7-17-33(35)40)37-25-31(30-23-22-27-12-4-5-15-29(27)24-30)26-39-42(37)36-20-10-11-21-38(36)43-39/h1-26H. The molecule has 8 aromatic carbocycles. The Kier molecular flexibility index (Phi) is 5.27. The lowest BCUT2D eigenvalue weighted by molar-refractivity contribution is 0.669. The molecule has 0 aliphatic heterocycles. The maximum absolute atomic E-state index is 6.58. The largest absolute Gasteiger partial charge is 0.456 e. The summed E-state index contributed by atoms with van der Waals surface area (Å²) in [7, 11) is 0. The van der Waals surface area contributed by atoms with Crippen molar-refractivity contribution in [2.75, 3.05) is 0 Å². The van der Waals surface area contributed by atoms with Gasteiger partial charge in [-0.05, 0) is 90.0 Å². The molecular formula is C42H26O. The lowest BCUT2D eigenvalue weighted by Crippen LogP contribution is -1.92. The Morgan fingerprint density at radius 2 is 0.907 bits per heavy atom. The van der Waals surface area contributed by atoms with Gasteiger partial charge in [0.1, 0.15) is 11.2 Å². The van der Waals surface area contributed by atoms with E-state index in [4.69, 9.17) is 4.42 Å². The summed E-state index contributed by atoms with van der Waals surface area (Å²) in [5.74, 6) is 0. The van der Waals surface area contributed by atoms with Crippen molar-refractivity contribution in [3.63, 3.8) is 0 Å². The highest BCUT2D eigenvalue weighted by Gasteiger charge is 2.21. The van der Waals surface area contributed by atoms with E-state index in [1.807, 2.05) is 6.07 Å². The van der Waals surface area contributed by atoms with Crippen LogP contribution in [0.3, 0.4) is 0 Å². The zero-order chi connectivity index (χ0) is 28.3. The molecule has 0 amide bonds. The summed E-state index contributed by atoms with van der Waals surface area (Å²) in [6.07, 6.45) is 0. The average Bonchev–Trinajstić information content (AvgIpc) is 3.46. The van der Waals surface area contributed by atoms with Crippen LogP contribution < -0.4 is 0 Å². The molecule has 0 unspecified atom stereocenters. The van der Waals surface area contributed by atoms with Crippen LogP contribution in [0.1, 0.15) is 0 Å². The Morgan fingerprint density at radius 3 is 1.63 bits per heavy atom. The van der Waals surface area contributed by atoms with E-state index in [0.29, 0.717) is 0 Å². The van der Waals surface area contributed by atoms with Crippen molar-refractivity contribution in [1.29, 1.82) is 0 Å². The highest BCUT2D eigenvalue weighted by molar-refractivity contribution is 6.26. The van der Waals surface area contributed by atoms with Crippen molar-refractivity contribution in [2.45, 2.75) is 0 Å². The van der Waals surface area contributed by atoms with Gasteiger partial charge in [0.15, 0.2) is 0 Å². The Hall–Kier alpha value is -5.66. The second-order valence-electron chi connectivity index (χ2n) is 11.3. The lowest BCUT2D eigenvalue weighted by atomic mass is 9.84. The van der Waals surface area contributed by atoms with Gasteiger partial charge in [0.2, 0.25) is 0 Å². The number of hydrogen-bond donors (Lipinski definition) is 0. The van der Waals surface area contributed by atoms with Crippen LogP contribution in [0.25, 0.3) is 87.6 Å². The van der Waals surface area contributed by atoms with Gasteiger partial charge in [-0.15, -0.1) is 0 Å². The van der Waals surface area contributed by atoms with Crippen LogP contribution in [-0.4, -0.2) is 0 Å². The van der Waals surface area contributed by atoms with E-state index in [2.05, 4.69) is 152 Å². The molecule has 0 radical (unpaired) electrons. The molecule has 1 aromatic heterocycles. The van der Waals surface area contributed by atoms with Gasteiger partial charge in [0.25, 0.3) is 0 Å². The number of furan rings is 1. The molecular weight excluding hydrogens is 520 g/mol. The van der Waals surface area contributed by atoms with Crippen molar-refractivity contribution in [3.8, 4) is 33.4 Å². The van der Waals surface area contributed by atoms with Gasteiger partial charge in [-0.25, -0.2) is 0 Å². The van der Waals surface area contributed by atoms with Crippen molar-refractivity contribution >= 4 is 54.3 Å². The molecule has 0 aliphatic carbocycles. The molecule has 0 fully saturated rings. The molecule has 9 aromatic rings. The predicted molar refractivity (Wildman–Crippen MR) is 183 cm³/mol. The third-order valence-corrected chi connectivity index (χ3v) is 8.82. The highest BCUT2D eigenvalue weighted by Crippen LogP contribution is 2.48. The van der Waals surface area contributed by atoms with Gasteiger partial charge >= 0.3 is 0 Å². The van der Waals surface area contributed by atoms with Crippen LogP contribution in [0.4, 0.5) is 0 Å². The topological polar surface area (TPSA) is 13.1 Å². The molecule has 200 valence electrons. The van der Waals surface area contributed by atoms with Gasteiger partial charge in [0, 0.05) is 10.8 Å². The first-order chi connectivity index (χ1) is 21.3. The van der Waals surface area contributed by atoms with Crippen LogP contribution in [0, 0.1) is 0 Å². The van der Waals surface area contributed by atoms with E-state index in [1.54, 1.807) is 0 Å². The fraction of sp³-hybridized carbons (Fsp3) is 0. The minimum atomic E-state index is 0.905. The number of rotatable bonds is 3. The Bertz CT molecular complexity index is 2440. The Balaban J connectivity index is 1.45. The predicted octanol–water partition coefficient (Wildman–Crippen LogP) is 12.0. The molecule has 0 saturated heterocycles. The smallest absolute Gasteiger partial charge is 0.136 e. The Labute approximate surface area is 249 Å². The molecule has 1 heteroatoms. The minimum Gasteiger partial charge on any atom is -0.456 e. The minimum absolute atomic E-state index is 0.905. The van der Waals surface area contributed by atoms with Crippen LogP contribution in [0.5, 0.6) is 0 Å². The number of hydrogen-bond acceptors (Lipinski definition) is 1. The summed E-state index contributed by atoms with van der Waals surface area (Å²) in [6, 6.07) is 56.8. The van der Waals surface area contributed by atoms with Gasteiger partial charge in [-0.1, -0.05) is 133 Å². The van der Waals surface area contributed by atoms with Crippen molar-refractivity contribution < 1.29 is 4.42 Å². The average molecular weight is 547 g/mol. The second kappa shape index (κ2) is 9.44. The Morgan fingerprint density at radius 1 is 0.326 bits per heavy atom. The first-order valence-corrected chi connectivity index (χ1v) is 14.8. The summed E-state index contributed by atoms with van der Waals surface area (Å²) in [5.41, 5.74) is 9.07. The molecule has 1 nitrogen and oxygen atoms in total. The van der Waals surface area contributed by atoms with E-state index < -0.39 is 0 Å². The fourth-order valence-electron chi connectivity index (χ4n) is 6.92. The van der Waals surface area contributed by atoms with Crippen molar-refractivity contribution in [3.05, 3.63) is 158 Å². The van der Waals surface area contributed by atoms with Crippen molar-refractivity contribution in [2.24, 2.45) is 0 Å². The fourth-order valence-corrected chi connectivity index (χ4v) is 6.92. The van der Waals surface area contributed by atoms with Crippen LogP contribution >= 0.6 is 0 Å². The van der Waals surface area contributed by atoms with Gasteiger partial charge in [-0.3, -0.25) is 0 Å². The summed E-state index contributed by atoms with van der Waals surface area (Å²) in [5, 5.41) is 9.74. The van der Waals surface area contributed by atoms with Gasteiger partial charge in [-0.2, -0.15) is 0 Å². The summed E-state index contributed by atoms with van der Waals surface area (Å²) < 4.78 is 6.58. The molecule has 1 heterocycles. The van der Waals surface area contributed by atoms with Crippen LogP contribution in [0.2, 0.25) is 0 Å². The third-order valence-electron chi connectivity index (χ3n) is 8.82. The molecule has 0 bridgehead atoms. The van der Waals surface area contributed by atoms with E-state index in [1.165, 1.54) is 60.1 Å². The van der Waals surface area contributed by atoms with E-state index in [0.717, 1.165) is 27.5 Å². The number of benzene rings is 8. The zero-order valence-corrected chi connectivity index (χ0v) is 23.4. The first-order valence-electron chi connectivity index (χ1n) is 14.8. The normalized spacial score (nSPS) is 11.7. The first kappa shape index (κ1) is 24.0. The van der Waals surface area contributed by atoms with Crippen molar-refractivity contribution in [1.82, 2.24) is 0 Å². The molecule has 43 heavy (non-hydrogen) atoms. The van der Waals surface area contributed by atoms with E-state index in [-0.39, 0.29) is 0 Å². The number of para-hydroxylation sites is 1. The maximum atomic E-state index is 6.58. The molecule has 0 aliphatic rings. The number of fused-ring (bicyclic) bond motifs is 6. The quantitative estimate of drug-likeness (QED) is 0.201. The lowest BCUT2D eigenvalue weighted by Gasteiger charge is -2.19. The summed E-state index contributed by atoms with van der Waals surface area (Å²) in [6.45, 7) is 0. The third kappa shape index (κ3) is 3.72. The molecule has 0 saturated carbocycles. The summed E-state index contributed by atoms with van der Waals surface area (Å²) >= 11 is 0. The maximum Gasteiger partial charge on any atom is 0.136 e. The molecule has 9 rings (SSSR count). The molecule has 0 spiro atoms. The SMILES string of the molecule is c1ccc(-c2c3ccccc3c(-c3cc(-c4ccc5ccccc5c4)cc4oc5ccccc5c34)c3ccccc23)cc1. The molecule has 0 N–H and O–H groups in total. The summed E-state index contributed by atoms with van der Waals surface area (Å²) in [4.78, 5) is 0. The monoisotopic (exact) mass is 546 g/mol.